The molecule has 1 amide bonds. The third-order valence-electron chi connectivity index (χ3n) is 8.97. The standard InChI is InChI=1S/C37H41N5O5S/c1-21-22(2)48-35-31(21)32(38-29(20-30(43)46-7)33-40-39-23(3)42(33)35)26-12-8-24(9-13-26)25-10-14-27(15-11-25)34(44)41-18-16-28(17-19-41)36(45)47-37(4,5)6/h8-15,28-29H,16-20H2,1-7H3/t29-/m0/s1. The van der Waals surface area contributed by atoms with Gasteiger partial charge in [-0.25, -0.2) is 0 Å². The number of rotatable bonds is 6. The summed E-state index contributed by atoms with van der Waals surface area (Å²) in [4.78, 5) is 46.3. The van der Waals surface area contributed by atoms with E-state index >= 15 is 0 Å². The number of carbonyl (C=O) groups is 3. The molecule has 48 heavy (non-hydrogen) atoms. The number of aliphatic imine (C=N–C) groups is 1. The number of methoxy groups -OCH3 is 1. The predicted octanol–water partition coefficient (Wildman–Crippen LogP) is 6.57. The highest BCUT2D eigenvalue weighted by Crippen LogP contribution is 2.40. The first-order valence-electron chi connectivity index (χ1n) is 16.2. The number of fused-ring (bicyclic) bond motifs is 3. The highest BCUT2D eigenvalue weighted by atomic mass is 32.1. The fourth-order valence-corrected chi connectivity index (χ4v) is 7.49. The number of piperidine rings is 1. The molecule has 11 heteroatoms. The fourth-order valence-electron chi connectivity index (χ4n) is 6.28. The molecule has 4 aromatic rings. The van der Waals surface area contributed by atoms with Gasteiger partial charge in [-0.15, -0.1) is 21.5 Å². The summed E-state index contributed by atoms with van der Waals surface area (Å²) in [6, 6.07) is 15.3. The lowest BCUT2D eigenvalue weighted by Crippen LogP contribution is -2.41. The quantitative estimate of drug-likeness (QED) is 0.214. The van der Waals surface area contributed by atoms with Gasteiger partial charge in [-0.1, -0.05) is 36.4 Å². The predicted molar refractivity (Wildman–Crippen MR) is 185 cm³/mol. The maximum absolute atomic E-state index is 13.3. The van der Waals surface area contributed by atoms with Crippen molar-refractivity contribution in [3.8, 4) is 16.1 Å². The van der Waals surface area contributed by atoms with E-state index in [4.69, 9.17) is 14.5 Å². The van der Waals surface area contributed by atoms with Gasteiger partial charge in [0.15, 0.2) is 5.82 Å². The molecule has 0 aliphatic carbocycles. The molecular weight excluding hydrogens is 627 g/mol. The summed E-state index contributed by atoms with van der Waals surface area (Å²) in [5, 5.41) is 9.75. The Morgan fingerprint density at radius 2 is 1.50 bits per heavy atom. The molecule has 0 saturated carbocycles. The van der Waals surface area contributed by atoms with E-state index in [2.05, 4.69) is 36.2 Å². The van der Waals surface area contributed by atoms with Crippen LogP contribution in [0.5, 0.6) is 0 Å². The number of hydrogen-bond acceptors (Lipinski definition) is 9. The van der Waals surface area contributed by atoms with E-state index in [0.717, 1.165) is 44.4 Å². The molecule has 1 atom stereocenters. The smallest absolute Gasteiger partial charge is 0.309 e. The maximum Gasteiger partial charge on any atom is 0.309 e. The number of amides is 1. The minimum atomic E-state index is -0.555. The molecule has 1 saturated heterocycles. The van der Waals surface area contributed by atoms with Gasteiger partial charge >= 0.3 is 11.9 Å². The van der Waals surface area contributed by atoms with Crippen LogP contribution < -0.4 is 0 Å². The van der Waals surface area contributed by atoms with Crippen LogP contribution in [0.1, 0.15) is 89.6 Å². The molecule has 6 rings (SSSR count). The van der Waals surface area contributed by atoms with Crippen molar-refractivity contribution in [2.24, 2.45) is 10.9 Å². The van der Waals surface area contributed by atoms with Crippen LogP contribution in [-0.2, 0) is 19.1 Å². The van der Waals surface area contributed by atoms with Gasteiger partial charge in [0.05, 0.1) is 25.2 Å². The average molecular weight is 668 g/mol. The number of benzene rings is 2. The Labute approximate surface area is 284 Å². The summed E-state index contributed by atoms with van der Waals surface area (Å²) in [7, 11) is 1.38. The number of likely N-dealkylation sites (tertiary alicyclic amines) is 1. The van der Waals surface area contributed by atoms with E-state index in [0.29, 0.717) is 37.3 Å². The lowest BCUT2D eigenvalue weighted by Gasteiger charge is -2.32. The van der Waals surface area contributed by atoms with Crippen LogP contribution in [0.4, 0.5) is 0 Å². The third kappa shape index (κ3) is 6.56. The second-order valence-corrected chi connectivity index (χ2v) is 14.6. The lowest BCUT2D eigenvalue weighted by molar-refractivity contribution is -0.161. The monoisotopic (exact) mass is 667 g/mol. The summed E-state index contributed by atoms with van der Waals surface area (Å²) in [5.41, 5.74) is 5.96. The van der Waals surface area contributed by atoms with Crippen LogP contribution in [0.3, 0.4) is 0 Å². The van der Waals surface area contributed by atoms with Gasteiger partial charge in [-0.05, 0) is 83.2 Å². The summed E-state index contributed by atoms with van der Waals surface area (Å²) in [6.45, 7) is 12.8. The molecule has 4 heterocycles. The fraction of sp³-hybridized carbons (Fsp3) is 0.405. The minimum absolute atomic E-state index is 0.0324. The van der Waals surface area contributed by atoms with Crippen molar-refractivity contribution >= 4 is 34.9 Å². The van der Waals surface area contributed by atoms with Crippen molar-refractivity contribution in [2.45, 2.75) is 72.4 Å². The van der Waals surface area contributed by atoms with Crippen LogP contribution in [-0.4, -0.2) is 69.0 Å². The Hall–Kier alpha value is -4.64. The van der Waals surface area contributed by atoms with Gasteiger partial charge in [-0.2, -0.15) is 0 Å². The minimum Gasteiger partial charge on any atom is -0.469 e. The molecule has 1 fully saturated rings. The van der Waals surface area contributed by atoms with Crippen molar-refractivity contribution in [3.63, 3.8) is 0 Å². The zero-order valence-corrected chi connectivity index (χ0v) is 29.3. The van der Waals surface area contributed by atoms with Crippen LogP contribution in [0, 0.1) is 26.7 Å². The van der Waals surface area contributed by atoms with E-state index in [1.54, 1.807) is 11.3 Å². The molecule has 0 unspecified atom stereocenters. The number of esters is 2. The Morgan fingerprint density at radius 3 is 2.10 bits per heavy atom. The van der Waals surface area contributed by atoms with Crippen LogP contribution in [0.15, 0.2) is 53.5 Å². The number of thiophene rings is 1. The van der Waals surface area contributed by atoms with Crippen molar-refractivity contribution in [1.29, 1.82) is 0 Å². The van der Waals surface area contributed by atoms with Gasteiger partial charge in [-0.3, -0.25) is 23.9 Å². The number of aromatic nitrogens is 3. The summed E-state index contributed by atoms with van der Waals surface area (Å²) in [6.07, 6.45) is 1.26. The Bertz CT molecular complexity index is 1890. The highest BCUT2D eigenvalue weighted by Gasteiger charge is 2.33. The average Bonchev–Trinajstić information content (AvgIpc) is 3.55. The zero-order valence-electron chi connectivity index (χ0n) is 28.5. The van der Waals surface area contributed by atoms with Gasteiger partial charge in [0, 0.05) is 34.7 Å². The molecule has 2 aliphatic rings. The Morgan fingerprint density at radius 1 is 0.896 bits per heavy atom. The first kappa shape index (κ1) is 33.3. The molecule has 2 aromatic heterocycles. The van der Waals surface area contributed by atoms with Gasteiger partial charge < -0.3 is 14.4 Å². The number of nitrogens with zero attached hydrogens (tertiary/aromatic N) is 5. The second-order valence-electron chi connectivity index (χ2n) is 13.4. The highest BCUT2D eigenvalue weighted by molar-refractivity contribution is 7.15. The van der Waals surface area contributed by atoms with Crippen LogP contribution in [0.25, 0.3) is 16.1 Å². The first-order chi connectivity index (χ1) is 22.8. The molecule has 10 nitrogen and oxygen atoms in total. The topological polar surface area (TPSA) is 116 Å². The molecule has 2 aromatic carbocycles. The molecule has 2 aliphatic heterocycles. The number of aryl methyl sites for hydroxylation is 2. The van der Waals surface area contributed by atoms with Gasteiger partial charge in [0.1, 0.15) is 22.5 Å². The summed E-state index contributed by atoms with van der Waals surface area (Å²) >= 11 is 1.67. The van der Waals surface area contributed by atoms with E-state index in [1.165, 1.54) is 12.0 Å². The zero-order chi connectivity index (χ0) is 34.3. The maximum atomic E-state index is 13.3. The third-order valence-corrected chi connectivity index (χ3v) is 10.2. The molecule has 0 radical (unpaired) electrons. The second kappa shape index (κ2) is 13.1. The largest absolute Gasteiger partial charge is 0.469 e. The van der Waals surface area contributed by atoms with Gasteiger partial charge in [0.2, 0.25) is 0 Å². The number of carbonyl (C=O) groups excluding carboxylic acids is 3. The van der Waals surface area contributed by atoms with E-state index in [1.807, 2.05) is 73.6 Å². The SMILES string of the molecule is COC(=O)C[C@@H]1N=C(c2ccc(-c3ccc(C(=O)N4CCC(C(=O)OC(C)(C)C)CC4)cc3)cc2)c2c(sc(C)c2C)-n2c(C)nnc21. The van der Waals surface area contributed by atoms with Crippen molar-refractivity contribution in [1.82, 2.24) is 19.7 Å². The molecule has 250 valence electrons. The van der Waals surface area contributed by atoms with Crippen molar-refractivity contribution < 1.29 is 23.9 Å². The van der Waals surface area contributed by atoms with E-state index in [9.17, 15) is 14.4 Å². The molecule has 0 spiro atoms. The van der Waals surface area contributed by atoms with Crippen LogP contribution >= 0.6 is 11.3 Å². The number of ether oxygens (including phenoxy) is 2. The van der Waals surface area contributed by atoms with Gasteiger partial charge in [0.25, 0.3) is 5.91 Å². The molecular formula is C37H41N5O5S. The van der Waals surface area contributed by atoms with Crippen LogP contribution in [0.2, 0.25) is 0 Å². The number of hydrogen-bond donors (Lipinski definition) is 0. The summed E-state index contributed by atoms with van der Waals surface area (Å²) in [5.74, 6) is 0.600. The first-order valence-corrected chi connectivity index (χ1v) is 17.1. The lowest BCUT2D eigenvalue weighted by atomic mass is 9.95. The summed E-state index contributed by atoms with van der Waals surface area (Å²) < 4.78 is 12.6. The van der Waals surface area contributed by atoms with E-state index in [-0.39, 0.29) is 30.2 Å². The van der Waals surface area contributed by atoms with E-state index < -0.39 is 11.6 Å². The van der Waals surface area contributed by atoms with Crippen molar-refractivity contribution in [3.05, 3.63) is 87.3 Å². The molecule has 0 bridgehead atoms. The normalized spacial score (nSPS) is 16.4. The molecule has 0 N–H and O–H groups in total. The van der Waals surface area contributed by atoms with Crippen molar-refractivity contribution in [2.75, 3.05) is 20.2 Å². The Balaban J connectivity index is 1.22. The Kier molecular flexibility index (Phi) is 9.08.